The molecule has 2 aliphatic rings. The normalized spacial score (nSPS) is 21.1. The van der Waals surface area contributed by atoms with Crippen LogP contribution in [0.3, 0.4) is 0 Å². The van der Waals surface area contributed by atoms with Gasteiger partial charge in [-0.3, -0.25) is 19.6 Å². The van der Waals surface area contributed by atoms with Crippen LogP contribution in [-0.2, 0) is 14.4 Å². The highest BCUT2D eigenvalue weighted by Gasteiger charge is 2.26. The first-order chi connectivity index (χ1) is 8.02. The van der Waals surface area contributed by atoms with Crippen LogP contribution >= 0.6 is 0 Å². The van der Waals surface area contributed by atoms with E-state index in [1.165, 1.54) is 6.42 Å². The van der Waals surface area contributed by atoms with Crippen molar-refractivity contribution in [1.82, 2.24) is 5.06 Å². The minimum atomic E-state index is -0.602. The van der Waals surface area contributed by atoms with E-state index >= 15 is 0 Å². The summed E-state index contributed by atoms with van der Waals surface area (Å²) in [6.07, 6.45) is 5.53. The summed E-state index contributed by atoms with van der Waals surface area (Å²) in [4.78, 5) is 30.8. The predicted molar refractivity (Wildman–Crippen MR) is 57.1 cm³/mol. The standard InChI is InChI=1S/C7H12O2.C4H5NO3/c8-7(9)6-4-2-1-3-5-6;6-3-1-2-4(7)5(3)8/h6H,1-5H2,(H,8,9);8H,1-2H2. The van der Waals surface area contributed by atoms with E-state index in [1.807, 2.05) is 0 Å². The Morgan fingerprint density at radius 2 is 1.53 bits per heavy atom. The first kappa shape index (κ1) is 13.6. The number of carbonyl (C=O) groups is 3. The Labute approximate surface area is 99.2 Å². The fraction of sp³-hybridized carbons (Fsp3) is 0.727. The lowest BCUT2D eigenvalue weighted by Gasteiger charge is -2.16. The summed E-state index contributed by atoms with van der Waals surface area (Å²) in [5.74, 6) is -1.64. The third kappa shape index (κ3) is 4.14. The van der Waals surface area contributed by atoms with Crippen LogP contribution in [0.15, 0.2) is 0 Å². The molecule has 2 N–H and O–H groups in total. The van der Waals surface area contributed by atoms with Gasteiger partial charge in [-0.15, -0.1) is 0 Å². The highest BCUT2D eigenvalue weighted by Crippen LogP contribution is 2.23. The molecule has 17 heavy (non-hydrogen) atoms. The van der Waals surface area contributed by atoms with Crippen molar-refractivity contribution in [3.63, 3.8) is 0 Å². The molecule has 2 rings (SSSR count). The van der Waals surface area contributed by atoms with E-state index in [9.17, 15) is 14.4 Å². The van der Waals surface area contributed by atoms with Gasteiger partial charge >= 0.3 is 5.97 Å². The highest BCUT2D eigenvalue weighted by molar-refractivity contribution is 6.00. The second-order valence-corrected chi connectivity index (χ2v) is 4.27. The van der Waals surface area contributed by atoms with Gasteiger partial charge < -0.3 is 5.11 Å². The van der Waals surface area contributed by atoms with Crippen LogP contribution in [-0.4, -0.2) is 33.2 Å². The molecule has 0 aromatic carbocycles. The number of aliphatic carboxylic acids is 1. The summed E-state index contributed by atoms with van der Waals surface area (Å²) in [5, 5.41) is 17.1. The molecule has 0 aromatic heterocycles. The van der Waals surface area contributed by atoms with Gasteiger partial charge in [0.1, 0.15) is 0 Å². The van der Waals surface area contributed by atoms with Crippen molar-refractivity contribution < 1.29 is 24.7 Å². The molecule has 1 saturated carbocycles. The van der Waals surface area contributed by atoms with E-state index in [0.717, 1.165) is 25.7 Å². The molecule has 0 aromatic rings. The molecule has 1 aliphatic heterocycles. The Balaban J connectivity index is 0.000000171. The van der Waals surface area contributed by atoms with Crippen LogP contribution in [0.4, 0.5) is 0 Å². The zero-order valence-electron chi connectivity index (χ0n) is 9.59. The average Bonchev–Trinajstić information content (AvgIpc) is 2.62. The van der Waals surface area contributed by atoms with E-state index in [4.69, 9.17) is 10.3 Å². The van der Waals surface area contributed by atoms with Gasteiger partial charge in [0.25, 0.3) is 11.8 Å². The van der Waals surface area contributed by atoms with Gasteiger partial charge in [0.2, 0.25) is 0 Å². The van der Waals surface area contributed by atoms with Gasteiger partial charge in [0, 0.05) is 12.8 Å². The van der Waals surface area contributed by atoms with E-state index < -0.39 is 17.8 Å². The summed E-state index contributed by atoms with van der Waals surface area (Å²) in [7, 11) is 0. The highest BCUT2D eigenvalue weighted by atomic mass is 16.5. The van der Waals surface area contributed by atoms with Crippen LogP contribution in [0.5, 0.6) is 0 Å². The Morgan fingerprint density at radius 1 is 1.06 bits per heavy atom. The van der Waals surface area contributed by atoms with Gasteiger partial charge in [-0.05, 0) is 12.8 Å². The summed E-state index contributed by atoms with van der Waals surface area (Å²) in [6.45, 7) is 0. The van der Waals surface area contributed by atoms with Crippen molar-refractivity contribution in [2.24, 2.45) is 5.92 Å². The number of carboxylic acid groups (broad SMARTS) is 1. The van der Waals surface area contributed by atoms with Crippen LogP contribution in [0, 0.1) is 5.92 Å². The van der Waals surface area contributed by atoms with Gasteiger partial charge in [0.05, 0.1) is 5.92 Å². The van der Waals surface area contributed by atoms with Crippen molar-refractivity contribution in [3.05, 3.63) is 0 Å². The number of imide groups is 1. The van der Waals surface area contributed by atoms with Gasteiger partial charge in [-0.1, -0.05) is 19.3 Å². The Bertz CT molecular complexity index is 293. The van der Waals surface area contributed by atoms with Crippen LogP contribution in [0.25, 0.3) is 0 Å². The van der Waals surface area contributed by atoms with Crippen LogP contribution in [0.1, 0.15) is 44.9 Å². The first-order valence-electron chi connectivity index (χ1n) is 5.80. The average molecular weight is 243 g/mol. The molecule has 1 aliphatic carbocycles. The number of hydrogen-bond acceptors (Lipinski definition) is 4. The molecule has 0 bridgehead atoms. The van der Waals surface area contributed by atoms with Crippen LogP contribution < -0.4 is 0 Å². The van der Waals surface area contributed by atoms with Crippen molar-refractivity contribution in [2.75, 3.05) is 0 Å². The lowest BCUT2D eigenvalue weighted by molar-refractivity contribution is -0.171. The number of rotatable bonds is 1. The largest absolute Gasteiger partial charge is 0.481 e. The predicted octanol–water partition coefficient (Wildman–Crippen LogP) is 1.18. The molecule has 2 fully saturated rings. The molecule has 1 heterocycles. The summed E-state index contributed by atoms with van der Waals surface area (Å²) in [5.41, 5.74) is 0. The fourth-order valence-corrected chi connectivity index (χ4v) is 1.91. The number of hydrogen-bond donors (Lipinski definition) is 2. The Kier molecular flexibility index (Phi) is 5.09. The van der Waals surface area contributed by atoms with Crippen molar-refractivity contribution >= 4 is 17.8 Å². The molecule has 6 nitrogen and oxygen atoms in total. The number of nitrogens with zero attached hydrogens (tertiary/aromatic N) is 1. The molecule has 2 amide bonds. The lowest BCUT2D eigenvalue weighted by atomic mass is 9.90. The maximum atomic E-state index is 10.4. The van der Waals surface area contributed by atoms with Crippen molar-refractivity contribution in [1.29, 1.82) is 0 Å². The molecule has 0 atom stereocenters. The Hall–Kier alpha value is -1.43. The lowest BCUT2D eigenvalue weighted by Crippen LogP contribution is -2.24. The van der Waals surface area contributed by atoms with E-state index in [2.05, 4.69) is 0 Å². The number of carboxylic acids is 1. The minimum absolute atomic E-state index is 0.0289. The molecular formula is C11H17NO5. The maximum absolute atomic E-state index is 10.4. The third-order valence-corrected chi connectivity index (χ3v) is 2.98. The molecule has 1 saturated heterocycles. The molecule has 6 heteroatoms. The molecular weight excluding hydrogens is 226 g/mol. The van der Waals surface area contributed by atoms with Crippen LogP contribution in [0.2, 0.25) is 0 Å². The molecule has 0 radical (unpaired) electrons. The van der Waals surface area contributed by atoms with E-state index in [-0.39, 0.29) is 23.8 Å². The smallest absolute Gasteiger partial charge is 0.306 e. The second kappa shape index (κ2) is 6.34. The maximum Gasteiger partial charge on any atom is 0.306 e. The summed E-state index contributed by atoms with van der Waals surface area (Å²) in [6, 6.07) is 0. The molecule has 96 valence electrons. The second-order valence-electron chi connectivity index (χ2n) is 4.27. The monoisotopic (exact) mass is 243 g/mol. The quantitative estimate of drug-likeness (QED) is 0.532. The molecule has 0 unspecified atom stereocenters. The number of hydroxylamine groups is 2. The summed E-state index contributed by atoms with van der Waals surface area (Å²) >= 11 is 0. The first-order valence-corrected chi connectivity index (χ1v) is 5.80. The zero-order chi connectivity index (χ0) is 12.8. The van der Waals surface area contributed by atoms with E-state index in [1.54, 1.807) is 0 Å². The third-order valence-electron chi connectivity index (χ3n) is 2.98. The van der Waals surface area contributed by atoms with Crippen molar-refractivity contribution in [2.45, 2.75) is 44.9 Å². The van der Waals surface area contributed by atoms with E-state index in [0.29, 0.717) is 0 Å². The minimum Gasteiger partial charge on any atom is -0.481 e. The SMILES string of the molecule is O=C(O)C1CCCCC1.O=C1CCC(=O)N1O. The van der Waals surface area contributed by atoms with Gasteiger partial charge in [-0.2, -0.15) is 5.06 Å². The van der Waals surface area contributed by atoms with Crippen molar-refractivity contribution in [3.8, 4) is 0 Å². The van der Waals surface area contributed by atoms with Gasteiger partial charge in [0.15, 0.2) is 0 Å². The Morgan fingerprint density at radius 3 is 1.76 bits per heavy atom. The summed E-state index contributed by atoms with van der Waals surface area (Å²) < 4.78 is 0. The zero-order valence-corrected chi connectivity index (χ0v) is 9.59. The fourth-order valence-electron chi connectivity index (χ4n) is 1.91. The number of carbonyl (C=O) groups excluding carboxylic acids is 2. The molecule has 0 spiro atoms. The van der Waals surface area contributed by atoms with Gasteiger partial charge in [-0.25, -0.2) is 0 Å². The topological polar surface area (TPSA) is 94.9 Å². The number of amides is 2.